The van der Waals surface area contributed by atoms with Gasteiger partial charge in [-0.2, -0.15) is 0 Å². The van der Waals surface area contributed by atoms with Crippen molar-refractivity contribution in [2.24, 2.45) is 5.73 Å². The number of hydrogen-bond acceptors (Lipinski definition) is 4. The summed E-state index contributed by atoms with van der Waals surface area (Å²) in [6.45, 7) is 0.421. The van der Waals surface area contributed by atoms with Gasteiger partial charge in [-0.3, -0.25) is 0 Å². The van der Waals surface area contributed by atoms with Gasteiger partial charge < -0.3 is 20.7 Å². The highest BCUT2D eigenvalue weighted by Gasteiger charge is 2.23. The Morgan fingerprint density at radius 3 is 3.00 bits per heavy atom. The Hall–Kier alpha value is -0.780. The standard InChI is InChI=1S/C10H12BrNO3/c11-8-9(14)6(7(12)4-13)3-5-1-2-15-10(5)8/h3,7,13-14H,1-2,4,12H2. The molecule has 0 spiro atoms. The highest BCUT2D eigenvalue weighted by molar-refractivity contribution is 9.10. The molecule has 0 saturated carbocycles. The van der Waals surface area contributed by atoms with Gasteiger partial charge in [0.05, 0.1) is 19.3 Å². The van der Waals surface area contributed by atoms with Gasteiger partial charge in [-0.05, 0) is 27.6 Å². The number of phenols is 1. The Bertz CT molecular complexity index is 395. The topological polar surface area (TPSA) is 75.7 Å². The fourth-order valence-electron chi connectivity index (χ4n) is 1.68. The molecule has 0 saturated heterocycles. The van der Waals surface area contributed by atoms with E-state index in [4.69, 9.17) is 15.6 Å². The zero-order valence-electron chi connectivity index (χ0n) is 8.03. The molecular weight excluding hydrogens is 262 g/mol. The molecule has 1 aromatic rings. The fourth-order valence-corrected chi connectivity index (χ4v) is 2.28. The molecule has 4 N–H and O–H groups in total. The van der Waals surface area contributed by atoms with Crippen LogP contribution in [-0.4, -0.2) is 23.4 Å². The SMILES string of the molecule is NC(CO)c1cc2c(c(Br)c1O)OCC2. The maximum atomic E-state index is 9.85. The summed E-state index contributed by atoms with van der Waals surface area (Å²) < 4.78 is 5.89. The van der Waals surface area contributed by atoms with Crippen molar-refractivity contribution in [2.45, 2.75) is 12.5 Å². The maximum absolute atomic E-state index is 9.85. The lowest BCUT2D eigenvalue weighted by molar-refractivity contribution is 0.265. The summed E-state index contributed by atoms with van der Waals surface area (Å²) in [4.78, 5) is 0. The summed E-state index contributed by atoms with van der Waals surface area (Å²) in [6.07, 6.45) is 0.805. The molecule has 1 unspecified atom stereocenters. The first-order valence-electron chi connectivity index (χ1n) is 4.68. The van der Waals surface area contributed by atoms with E-state index in [2.05, 4.69) is 15.9 Å². The first kappa shape index (κ1) is 10.7. The van der Waals surface area contributed by atoms with Crippen molar-refractivity contribution in [3.63, 3.8) is 0 Å². The molecule has 1 aliphatic rings. The van der Waals surface area contributed by atoms with Gasteiger partial charge in [0.15, 0.2) is 0 Å². The van der Waals surface area contributed by atoms with Gasteiger partial charge >= 0.3 is 0 Å². The number of halogens is 1. The molecule has 82 valence electrons. The quantitative estimate of drug-likeness (QED) is 0.754. The lowest BCUT2D eigenvalue weighted by Gasteiger charge is -2.14. The normalized spacial score (nSPS) is 15.9. The number of nitrogens with two attached hydrogens (primary N) is 1. The average molecular weight is 274 g/mol. The van der Waals surface area contributed by atoms with E-state index in [0.29, 0.717) is 22.4 Å². The predicted octanol–water partition coefficient (Wildman–Crippen LogP) is 1.08. The highest BCUT2D eigenvalue weighted by atomic mass is 79.9. The maximum Gasteiger partial charge on any atom is 0.140 e. The lowest BCUT2D eigenvalue weighted by Crippen LogP contribution is -2.15. The number of hydrogen-bond donors (Lipinski definition) is 3. The first-order valence-corrected chi connectivity index (χ1v) is 5.48. The second kappa shape index (κ2) is 4.00. The molecule has 0 aliphatic carbocycles. The molecule has 0 radical (unpaired) electrons. The minimum Gasteiger partial charge on any atom is -0.506 e. The number of fused-ring (bicyclic) bond motifs is 1. The highest BCUT2D eigenvalue weighted by Crippen LogP contribution is 2.43. The van der Waals surface area contributed by atoms with Crippen molar-refractivity contribution in [1.82, 2.24) is 0 Å². The van der Waals surface area contributed by atoms with Gasteiger partial charge in [0.2, 0.25) is 0 Å². The molecule has 0 bridgehead atoms. The van der Waals surface area contributed by atoms with Crippen molar-refractivity contribution in [3.05, 3.63) is 21.7 Å². The third-order valence-electron chi connectivity index (χ3n) is 2.52. The summed E-state index contributed by atoms with van der Waals surface area (Å²) in [5, 5.41) is 18.8. The van der Waals surface area contributed by atoms with Crippen molar-refractivity contribution in [1.29, 1.82) is 0 Å². The Labute approximate surface area is 95.8 Å². The molecule has 0 fully saturated rings. The van der Waals surface area contributed by atoms with Crippen LogP contribution < -0.4 is 10.5 Å². The second-order valence-corrected chi connectivity index (χ2v) is 4.30. The van der Waals surface area contributed by atoms with Gasteiger partial charge in [-0.25, -0.2) is 0 Å². The van der Waals surface area contributed by atoms with Crippen molar-refractivity contribution in [3.8, 4) is 11.5 Å². The van der Waals surface area contributed by atoms with Crippen LogP contribution in [0.2, 0.25) is 0 Å². The predicted molar refractivity (Wildman–Crippen MR) is 59.0 cm³/mol. The molecule has 0 amide bonds. The van der Waals surface area contributed by atoms with Crippen LogP contribution in [0.3, 0.4) is 0 Å². The van der Waals surface area contributed by atoms with Gasteiger partial charge in [0, 0.05) is 12.0 Å². The van der Waals surface area contributed by atoms with Crippen molar-refractivity contribution >= 4 is 15.9 Å². The molecule has 0 aromatic heterocycles. The summed E-state index contributed by atoms with van der Waals surface area (Å²) in [6, 6.07) is 1.23. The number of aliphatic hydroxyl groups excluding tert-OH is 1. The zero-order chi connectivity index (χ0) is 11.0. The van der Waals surface area contributed by atoms with E-state index in [1.165, 1.54) is 0 Å². The van der Waals surface area contributed by atoms with Crippen LogP contribution in [0.25, 0.3) is 0 Å². The van der Waals surface area contributed by atoms with Crippen LogP contribution in [0.4, 0.5) is 0 Å². The third-order valence-corrected chi connectivity index (χ3v) is 3.25. The molecule has 5 heteroatoms. The minimum absolute atomic E-state index is 0.0530. The first-order chi connectivity index (χ1) is 7.15. The van der Waals surface area contributed by atoms with Gasteiger partial charge in [-0.15, -0.1) is 0 Å². The summed E-state index contributed by atoms with van der Waals surface area (Å²) in [7, 11) is 0. The molecule has 4 nitrogen and oxygen atoms in total. The molecule has 1 aromatic carbocycles. The number of aliphatic hydroxyl groups is 1. The van der Waals surface area contributed by atoms with Crippen LogP contribution in [0.15, 0.2) is 10.5 Å². The zero-order valence-corrected chi connectivity index (χ0v) is 9.62. The summed E-state index contributed by atoms with van der Waals surface area (Å²) in [5.41, 5.74) is 7.25. The third kappa shape index (κ3) is 1.71. The van der Waals surface area contributed by atoms with Crippen LogP contribution in [0, 0.1) is 0 Å². The Kier molecular flexibility index (Phi) is 2.86. The smallest absolute Gasteiger partial charge is 0.140 e. The number of phenolic OH excluding ortho intramolecular Hbond substituents is 1. The van der Waals surface area contributed by atoms with Crippen LogP contribution in [0.5, 0.6) is 11.5 Å². The van der Waals surface area contributed by atoms with Gasteiger partial charge in [0.1, 0.15) is 16.0 Å². The summed E-state index contributed by atoms with van der Waals surface area (Å²) >= 11 is 3.27. The largest absolute Gasteiger partial charge is 0.506 e. The van der Waals surface area contributed by atoms with E-state index in [0.717, 1.165) is 12.0 Å². The summed E-state index contributed by atoms with van der Waals surface area (Å²) in [5.74, 6) is 0.735. The fraction of sp³-hybridized carbons (Fsp3) is 0.400. The Balaban J connectivity index is 2.54. The Morgan fingerprint density at radius 1 is 1.60 bits per heavy atom. The van der Waals surface area contributed by atoms with E-state index in [1.54, 1.807) is 6.07 Å². The molecule has 1 atom stereocenters. The van der Waals surface area contributed by atoms with Crippen molar-refractivity contribution in [2.75, 3.05) is 13.2 Å². The van der Waals surface area contributed by atoms with E-state index in [9.17, 15) is 5.11 Å². The van der Waals surface area contributed by atoms with E-state index >= 15 is 0 Å². The number of rotatable bonds is 2. The van der Waals surface area contributed by atoms with Crippen LogP contribution >= 0.6 is 15.9 Å². The van der Waals surface area contributed by atoms with Gasteiger partial charge in [0.25, 0.3) is 0 Å². The molecular formula is C10H12BrNO3. The van der Waals surface area contributed by atoms with Crippen LogP contribution in [-0.2, 0) is 6.42 Å². The molecule has 2 rings (SSSR count). The molecule has 15 heavy (non-hydrogen) atoms. The molecule has 1 aliphatic heterocycles. The van der Waals surface area contributed by atoms with Crippen LogP contribution in [0.1, 0.15) is 17.2 Å². The Morgan fingerprint density at radius 2 is 2.33 bits per heavy atom. The molecule has 1 heterocycles. The van der Waals surface area contributed by atoms with E-state index < -0.39 is 6.04 Å². The average Bonchev–Trinajstić information content (AvgIpc) is 2.70. The van der Waals surface area contributed by atoms with Gasteiger partial charge in [-0.1, -0.05) is 0 Å². The minimum atomic E-state index is -0.563. The van der Waals surface area contributed by atoms with Crippen molar-refractivity contribution < 1.29 is 14.9 Å². The van der Waals surface area contributed by atoms with E-state index in [1.807, 2.05) is 0 Å². The van der Waals surface area contributed by atoms with E-state index in [-0.39, 0.29) is 12.4 Å². The second-order valence-electron chi connectivity index (χ2n) is 3.50. The number of ether oxygens (including phenoxy) is 1. The number of aromatic hydroxyl groups is 1. The number of benzene rings is 1. The monoisotopic (exact) mass is 273 g/mol. The lowest BCUT2D eigenvalue weighted by atomic mass is 10.0.